The van der Waals surface area contributed by atoms with Crippen LogP contribution in [0.3, 0.4) is 0 Å². The van der Waals surface area contributed by atoms with E-state index in [1.165, 1.54) is 27.8 Å². The van der Waals surface area contributed by atoms with E-state index in [1.54, 1.807) is 0 Å². The van der Waals surface area contributed by atoms with Crippen molar-refractivity contribution in [2.45, 2.75) is 53.4 Å². The quantitative estimate of drug-likeness (QED) is 0.557. The summed E-state index contributed by atoms with van der Waals surface area (Å²) in [6.45, 7) is 11.1. The number of hydrogen-bond acceptors (Lipinski definition) is 5. The summed E-state index contributed by atoms with van der Waals surface area (Å²) in [4.78, 5) is 22.5. The minimum atomic E-state index is -0.684. The number of anilines is 1. The summed E-state index contributed by atoms with van der Waals surface area (Å²) >= 11 is 0. The van der Waals surface area contributed by atoms with Crippen LogP contribution in [0.4, 0.5) is 5.82 Å². The monoisotopic (exact) mass is 473 g/mol. The lowest BCUT2D eigenvalue weighted by molar-refractivity contribution is -0.147. The van der Waals surface area contributed by atoms with Gasteiger partial charge in [0.25, 0.3) is 0 Å². The summed E-state index contributed by atoms with van der Waals surface area (Å²) in [6, 6.07) is 4.42. The summed E-state index contributed by atoms with van der Waals surface area (Å²) in [7, 11) is 0. The third-order valence-electron chi connectivity index (χ3n) is 7.86. The van der Waals surface area contributed by atoms with Gasteiger partial charge in [-0.15, -0.1) is 0 Å². The van der Waals surface area contributed by atoms with Gasteiger partial charge in [-0.2, -0.15) is 0 Å². The number of carboxylic acids is 1. The predicted octanol–water partition coefficient (Wildman–Crippen LogP) is 4.21. The van der Waals surface area contributed by atoms with E-state index in [1.807, 2.05) is 12.5 Å². The number of hydrogen-bond donors (Lipinski definition) is 2. The van der Waals surface area contributed by atoms with Crippen LogP contribution in [0.25, 0.3) is 16.9 Å². The fourth-order valence-corrected chi connectivity index (χ4v) is 5.64. The molecule has 1 aliphatic carbocycles. The molecule has 7 nitrogen and oxygen atoms in total. The largest absolute Gasteiger partial charge is 0.481 e. The van der Waals surface area contributed by atoms with Crippen molar-refractivity contribution in [1.29, 1.82) is 0 Å². The standard InChI is InChI=1S/C28H35N5O2/c1-17-9-20(10-18(2)21(17)6-8-32-13-19(14-32)27(34)35)33-15-25(31-16-33)24-12-30-26(29)23-11-28(3,4)7-5-22(23)24/h9-10,12,15-16,19H,5-8,11,13-14H2,1-4H3,(H2,29,30)(H,34,35). The molecular weight excluding hydrogens is 438 g/mol. The first-order chi connectivity index (χ1) is 16.6. The van der Waals surface area contributed by atoms with Crippen LogP contribution in [0.15, 0.2) is 30.9 Å². The number of rotatable bonds is 6. The summed E-state index contributed by atoms with van der Waals surface area (Å²) < 4.78 is 2.08. The number of aromatic nitrogens is 3. The number of carboxylic acid groups (broad SMARTS) is 1. The summed E-state index contributed by atoms with van der Waals surface area (Å²) in [5.41, 5.74) is 15.9. The molecule has 2 aromatic heterocycles. The second-order valence-electron chi connectivity index (χ2n) is 11.1. The molecule has 3 aromatic rings. The molecule has 5 rings (SSSR count). The van der Waals surface area contributed by atoms with Gasteiger partial charge >= 0.3 is 5.97 Å². The van der Waals surface area contributed by atoms with Gasteiger partial charge in [-0.3, -0.25) is 4.79 Å². The molecular formula is C28H35N5O2. The Morgan fingerprint density at radius 1 is 1.17 bits per heavy atom. The Hall–Kier alpha value is -3.19. The molecule has 1 aliphatic heterocycles. The van der Waals surface area contributed by atoms with Gasteiger partial charge in [0, 0.05) is 43.3 Å². The lowest BCUT2D eigenvalue weighted by Gasteiger charge is -2.36. The fraction of sp³-hybridized carbons (Fsp3) is 0.464. The Labute approximate surface area is 207 Å². The van der Waals surface area contributed by atoms with E-state index in [4.69, 9.17) is 15.8 Å². The van der Waals surface area contributed by atoms with Crippen LogP contribution in [0, 0.1) is 25.2 Å². The van der Waals surface area contributed by atoms with E-state index in [0.29, 0.717) is 18.9 Å². The molecule has 1 fully saturated rings. The highest BCUT2D eigenvalue weighted by atomic mass is 16.4. The Bertz CT molecular complexity index is 1260. The predicted molar refractivity (Wildman–Crippen MR) is 138 cm³/mol. The minimum absolute atomic E-state index is 0.205. The summed E-state index contributed by atoms with van der Waals surface area (Å²) in [5, 5.41) is 9.09. The minimum Gasteiger partial charge on any atom is -0.481 e. The van der Waals surface area contributed by atoms with Crippen molar-refractivity contribution in [1.82, 2.24) is 19.4 Å². The van der Waals surface area contributed by atoms with E-state index in [9.17, 15) is 4.79 Å². The maximum Gasteiger partial charge on any atom is 0.309 e. The first-order valence-corrected chi connectivity index (χ1v) is 12.5. The van der Waals surface area contributed by atoms with Crippen LogP contribution < -0.4 is 5.73 Å². The number of likely N-dealkylation sites (tertiary alicyclic amines) is 1. The van der Waals surface area contributed by atoms with Crippen LogP contribution in [0.2, 0.25) is 0 Å². The van der Waals surface area contributed by atoms with E-state index in [-0.39, 0.29) is 11.3 Å². The third-order valence-corrected chi connectivity index (χ3v) is 7.86. The number of nitrogens with zero attached hydrogens (tertiary/aromatic N) is 4. The van der Waals surface area contributed by atoms with Crippen molar-refractivity contribution in [3.63, 3.8) is 0 Å². The number of aliphatic carboxylic acids is 1. The molecule has 0 bridgehead atoms. The van der Waals surface area contributed by atoms with Crippen molar-refractivity contribution in [3.8, 4) is 16.9 Å². The van der Waals surface area contributed by atoms with Gasteiger partial charge in [0.15, 0.2) is 0 Å². The van der Waals surface area contributed by atoms with E-state index >= 15 is 0 Å². The highest BCUT2D eigenvalue weighted by Gasteiger charge is 2.32. The second kappa shape index (κ2) is 8.79. The summed E-state index contributed by atoms with van der Waals surface area (Å²) in [6.07, 6.45) is 9.85. The van der Waals surface area contributed by atoms with Gasteiger partial charge in [0.2, 0.25) is 0 Å². The third kappa shape index (κ3) is 4.57. The van der Waals surface area contributed by atoms with E-state index < -0.39 is 5.97 Å². The molecule has 0 atom stereocenters. The SMILES string of the molecule is Cc1cc(-n2cnc(-c3cnc(N)c4c3CCC(C)(C)C4)c2)cc(C)c1CCN1CC(C(=O)O)C1. The molecule has 1 aromatic carbocycles. The Morgan fingerprint density at radius 3 is 2.57 bits per heavy atom. The molecule has 0 spiro atoms. The average Bonchev–Trinajstić information content (AvgIpc) is 3.24. The zero-order chi connectivity index (χ0) is 24.9. The van der Waals surface area contributed by atoms with Crippen LogP contribution >= 0.6 is 0 Å². The Balaban J connectivity index is 1.35. The van der Waals surface area contributed by atoms with Gasteiger partial charge in [0.1, 0.15) is 5.82 Å². The number of carbonyl (C=O) groups is 1. The number of fused-ring (bicyclic) bond motifs is 1. The van der Waals surface area contributed by atoms with Crippen LogP contribution in [0.1, 0.15) is 48.1 Å². The smallest absolute Gasteiger partial charge is 0.309 e. The number of nitrogen functional groups attached to an aromatic ring is 1. The zero-order valence-electron chi connectivity index (χ0n) is 21.1. The van der Waals surface area contributed by atoms with E-state index in [0.717, 1.165) is 49.2 Å². The molecule has 3 N–H and O–H groups in total. The number of nitrogens with two attached hydrogens (primary N) is 1. The maximum absolute atomic E-state index is 11.0. The number of imidazole rings is 1. The van der Waals surface area contributed by atoms with Gasteiger partial charge in [0.05, 0.1) is 17.9 Å². The Morgan fingerprint density at radius 2 is 1.89 bits per heavy atom. The van der Waals surface area contributed by atoms with Gasteiger partial charge in [-0.05, 0) is 84.9 Å². The maximum atomic E-state index is 11.0. The average molecular weight is 474 g/mol. The molecule has 0 unspecified atom stereocenters. The van der Waals surface area contributed by atoms with Gasteiger partial charge in [-0.1, -0.05) is 13.8 Å². The van der Waals surface area contributed by atoms with Gasteiger partial charge in [-0.25, -0.2) is 9.97 Å². The Kier molecular flexibility index (Phi) is 5.91. The molecule has 3 heterocycles. The van der Waals surface area contributed by atoms with E-state index in [2.05, 4.69) is 60.5 Å². The highest BCUT2D eigenvalue weighted by molar-refractivity contribution is 5.71. The molecule has 7 heteroatoms. The number of aryl methyl sites for hydroxylation is 2. The summed E-state index contributed by atoms with van der Waals surface area (Å²) in [5.74, 6) is -0.241. The molecule has 35 heavy (non-hydrogen) atoms. The molecule has 0 radical (unpaired) electrons. The lowest BCUT2D eigenvalue weighted by Crippen LogP contribution is -2.50. The molecule has 184 valence electrons. The molecule has 1 saturated heterocycles. The second-order valence-corrected chi connectivity index (χ2v) is 11.1. The number of pyridine rings is 1. The van der Waals surface area contributed by atoms with Crippen molar-refractivity contribution >= 4 is 11.8 Å². The topological polar surface area (TPSA) is 97.3 Å². The lowest BCUT2D eigenvalue weighted by atomic mass is 9.73. The van der Waals surface area contributed by atoms with Crippen LogP contribution in [-0.4, -0.2) is 50.1 Å². The van der Waals surface area contributed by atoms with Crippen LogP contribution in [0.5, 0.6) is 0 Å². The molecule has 0 saturated carbocycles. The van der Waals surface area contributed by atoms with Crippen LogP contribution in [-0.2, 0) is 24.1 Å². The van der Waals surface area contributed by atoms with Crippen molar-refractivity contribution in [3.05, 3.63) is 58.7 Å². The fourth-order valence-electron chi connectivity index (χ4n) is 5.64. The zero-order valence-corrected chi connectivity index (χ0v) is 21.1. The van der Waals surface area contributed by atoms with Crippen molar-refractivity contribution in [2.75, 3.05) is 25.4 Å². The normalized spacial score (nSPS) is 17.7. The van der Waals surface area contributed by atoms with Gasteiger partial charge < -0.3 is 20.3 Å². The van der Waals surface area contributed by atoms with Crippen molar-refractivity contribution < 1.29 is 9.90 Å². The highest BCUT2D eigenvalue weighted by Crippen LogP contribution is 2.40. The first-order valence-electron chi connectivity index (χ1n) is 12.5. The number of benzene rings is 1. The molecule has 2 aliphatic rings. The molecule has 0 amide bonds. The van der Waals surface area contributed by atoms with Crippen molar-refractivity contribution in [2.24, 2.45) is 11.3 Å². The first kappa shape index (κ1) is 23.5.